The van der Waals surface area contributed by atoms with E-state index in [-0.39, 0.29) is 23.6 Å². The summed E-state index contributed by atoms with van der Waals surface area (Å²) in [6.07, 6.45) is -0.822. The summed E-state index contributed by atoms with van der Waals surface area (Å²) in [4.78, 5) is 67.7. The Morgan fingerprint density at radius 1 is 1.10 bits per heavy atom. The van der Waals surface area contributed by atoms with Gasteiger partial charge in [0.25, 0.3) is 5.91 Å². The number of ether oxygens (including phenoxy) is 5. The Morgan fingerprint density at radius 2 is 1.80 bits per heavy atom. The Labute approximate surface area is 231 Å². The average molecular weight is 557 g/mol. The number of benzene rings is 1. The largest absolute Gasteiger partial charge is 0.493 e. The minimum atomic E-state index is -1.45. The van der Waals surface area contributed by atoms with Crippen LogP contribution >= 0.6 is 0 Å². The maximum absolute atomic E-state index is 13.3. The van der Waals surface area contributed by atoms with Gasteiger partial charge in [0.15, 0.2) is 23.6 Å². The van der Waals surface area contributed by atoms with Gasteiger partial charge in [0.05, 0.1) is 13.0 Å². The molecule has 3 rings (SSSR count). The number of aromatic nitrogens is 1. The molecule has 2 unspecified atom stereocenters. The van der Waals surface area contributed by atoms with E-state index in [2.05, 4.69) is 10.3 Å². The quantitative estimate of drug-likeness (QED) is 0.375. The van der Waals surface area contributed by atoms with E-state index in [1.165, 1.54) is 26.3 Å². The number of cyclic esters (lactones) is 2. The molecule has 1 N–H and O–H groups in total. The second kappa shape index (κ2) is 13.5. The predicted molar refractivity (Wildman–Crippen MR) is 138 cm³/mol. The minimum absolute atomic E-state index is 0.0611. The van der Waals surface area contributed by atoms with Crippen LogP contribution in [0.5, 0.6) is 11.5 Å². The number of carbonyl (C=O) groups excluding carboxylic acids is 5. The Hall–Kier alpha value is -4.48. The lowest BCUT2D eigenvalue weighted by molar-refractivity contribution is -0.176. The third-order valence-electron chi connectivity index (χ3n) is 6.02. The Balaban J connectivity index is 1.90. The SMILES string of the molecule is COc1ccnc(C(=O)NC2COC(=O)[C@H](Cc3ccccc3)C(OC(=O)C(C)C)[C@H](C)OC2=O)c1OC(C)=O. The van der Waals surface area contributed by atoms with E-state index in [1.54, 1.807) is 26.0 Å². The van der Waals surface area contributed by atoms with E-state index in [4.69, 9.17) is 23.7 Å². The summed E-state index contributed by atoms with van der Waals surface area (Å²) in [5.74, 6) is -5.58. The van der Waals surface area contributed by atoms with Crippen LogP contribution in [0.2, 0.25) is 0 Å². The van der Waals surface area contributed by atoms with Crippen molar-refractivity contribution in [3.05, 3.63) is 53.9 Å². The summed E-state index contributed by atoms with van der Waals surface area (Å²) in [6, 6.07) is 8.98. The first kappa shape index (κ1) is 30.1. The van der Waals surface area contributed by atoms with Crippen LogP contribution in [-0.4, -0.2) is 66.7 Å². The van der Waals surface area contributed by atoms with Gasteiger partial charge < -0.3 is 29.0 Å². The fourth-order valence-corrected chi connectivity index (χ4v) is 3.97. The fraction of sp³-hybridized carbons (Fsp3) is 0.429. The van der Waals surface area contributed by atoms with Gasteiger partial charge in [-0.15, -0.1) is 0 Å². The summed E-state index contributed by atoms with van der Waals surface area (Å²) in [7, 11) is 1.31. The Kier molecular flexibility index (Phi) is 10.2. The van der Waals surface area contributed by atoms with E-state index in [1.807, 2.05) is 18.2 Å². The predicted octanol–water partition coefficient (Wildman–Crippen LogP) is 2.03. The van der Waals surface area contributed by atoms with Gasteiger partial charge in [-0.25, -0.2) is 9.78 Å². The number of nitrogens with zero attached hydrogens (tertiary/aromatic N) is 1. The third-order valence-corrected chi connectivity index (χ3v) is 6.02. The second-order valence-corrected chi connectivity index (χ2v) is 9.44. The third kappa shape index (κ3) is 7.55. The molecule has 0 bridgehead atoms. The molecule has 2 aromatic rings. The van der Waals surface area contributed by atoms with E-state index in [9.17, 15) is 24.0 Å². The van der Waals surface area contributed by atoms with Gasteiger partial charge in [-0.3, -0.25) is 19.2 Å². The Bertz CT molecular complexity index is 1250. The zero-order chi connectivity index (χ0) is 29.4. The van der Waals surface area contributed by atoms with Crippen LogP contribution < -0.4 is 14.8 Å². The summed E-state index contributed by atoms with van der Waals surface area (Å²) in [5, 5.41) is 2.42. The lowest BCUT2D eigenvalue weighted by atomic mass is 9.91. The van der Waals surface area contributed by atoms with Gasteiger partial charge in [-0.1, -0.05) is 44.2 Å². The number of methoxy groups -OCH3 is 1. The topological polar surface area (TPSA) is 156 Å². The van der Waals surface area contributed by atoms with Crippen LogP contribution in [0.25, 0.3) is 0 Å². The van der Waals surface area contributed by atoms with Crippen molar-refractivity contribution in [2.24, 2.45) is 11.8 Å². The molecule has 0 saturated carbocycles. The van der Waals surface area contributed by atoms with Crippen molar-refractivity contribution in [3.8, 4) is 11.5 Å². The van der Waals surface area contributed by atoms with Gasteiger partial charge in [-0.05, 0) is 18.9 Å². The maximum Gasteiger partial charge on any atom is 0.332 e. The number of hydrogen-bond acceptors (Lipinski definition) is 11. The van der Waals surface area contributed by atoms with E-state index < -0.39 is 66.5 Å². The van der Waals surface area contributed by atoms with Gasteiger partial charge in [0.1, 0.15) is 18.6 Å². The molecule has 0 aliphatic carbocycles. The van der Waals surface area contributed by atoms with Crippen molar-refractivity contribution in [1.82, 2.24) is 10.3 Å². The van der Waals surface area contributed by atoms with Crippen LogP contribution in [0.4, 0.5) is 0 Å². The van der Waals surface area contributed by atoms with Gasteiger partial charge >= 0.3 is 23.9 Å². The zero-order valence-corrected chi connectivity index (χ0v) is 22.9. The first-order chi connectivity index (χ1) is 19.0. The highest BCUT2D eigenvalue weighted by atomic mass is 16.6. The summed E-state index contributed by atoms with van der Waals surface area (Å²) in [6.45, 7) is 5.34. The molecular formula is C28H32N2O10. The van der Waals surface area contributed by atoms with E-state index in [0.717, 1.165) is 12.5 Å². The van der Waals surface area contributed by atoms with Crippen LogP contribution in [0.3, 0.4) is 0 Å². The van der Waals surface area contributed by atoms with Crippen molar-refractivity contribution >= 4 is 29.8 Å². The molecule has 1 amide bonds. The number of amides is 1. The molecule has 0 radical (unpaired) electrons. The smallest absolute Gasteiger partial charge is 0.332 e. The molecule has 1 fully saturated rings. The molecule has 12 heteroatoms. The van der Waals surface area contributed by atoms with Crippen molar-refractivity contribution < 1.29 is 47.7 Å². The van der Waals surface area contributed by atoms with E-state index >= 15 is 0 Å². The number of esters is 4. The number of pyridine rings is 1. The molecule has 1 aliphatic rings. The molecule has 4 atom stereocenters. The average Bonchev–Trinajstić information content (AvgIpc) is 2.95. The molecule has 12 nitrogen and oxygen atoms in total. The molecular weight excluding hydrogens is 524 g/mol. The van der Waals surface area contributed by atoms with Crippen LogP contribution in [0, 0.1) is 11.8 Å². The van der Waals surface area contributed by atoms with Crippen LogP contribution in [0.1, 0.15) is 43.7 Å². The molecule has 214 valence electrons. The summed E-state index contributed by atoms with van der Waals surface area (Å²) < 4.78 is 26.9. The van der Waals surface area contributed by atoms with Crippen molar-refractivity contribution in [1.29, 1.82) is 0 Å². The van der Waals surface area contributed by atoms with Gasteiger partial charge in [-0.2, -0.15) is 0 Å². The van der Waals surface area contributed by atoms with Crippen LogP contribution in [-0.2, 0) is 39.8 Å². The normalized spacial score (nSPS) is 21.1. The first-order valence-corrected chi connectivity index (χ1v) is 12.7. The lowest BCUT2D eigenvalue weighted by Gasteiger charge is -2.29. The maximum atomic E-state index is 13.3. The molecule has 40 heavy (non-hydrogen) atoms. The Morgan fingerprint density at radius 3 is 2.42 bits per heavy atom. The highest BCUT2D eigenvalue weighted by Gasteiger charge is 2.42. The van der Waals surface area contributed by atoms with E-state index in [0.29, 0.717) is 0 Å². The molecule has 2 heterocycles. The molecule has 1 saturated heterocycles. The zero-order valence-electron chi connectivity index (χ0n) is 22.9. The number of hydrogen-bond donors (Lipinski definition) is 1. The molecule has 0 spiro atoms. The highest BCUT2D eigenvalue weighted by Crippen LogP contribution is 2.30. The second-order valence-electron chi connectivity index (χ2n) is 9.44. The molecule has 1 aromatic carbocycles. The standard InChI is InChI=1S/C28H32N2O10/c1-15(2)26(33)40-23-16(3)38-28(35)20(14-37-27(34)19(23)13-18-9-7-6-8-10-18)30-25(32)22-24(39-17(4)31)21(36-5)11-12-29-22/h6-12,15-16,19-20,23H,13-14H2,1-5H3,(H,30,32)/t16-,19+,20?,23?/m0/s1. The van der Waals surface area contributed by atoms with Crippen molar-refractivity contribution in [3.63, 3.8) is 0 Å². The highest BCUT2D eigenvalue weighted by molar-refractivity contribution is 5.98. The lowest BCUT2D eigenvalue weighted by Crippen LogP contribution is -2.47. The number of rotatable bonds is 8. The van der Waals surface area contributed by atoms with Crippen molar-refractivity contribution in [2.45, 2.75) is 52.4 Å². The number of nitrogens with one attached hydrogen (secondary N) is 1. The minimum Gasteiger partial charge on any atom is -0.493 e. The summed E-state index contributed by atoms with van der Waals surface area (Å²) in [5.41, 5.74) is 0.437. The molecule has 1 aliphatic heterocycles. The number of carbonyl (C=O) groups is 5. The van der Waals surface area contributed by atoms with Crippen LogP contribution in [0.15, 0.2) is 42.6 Å². The molecule has 1 aromatic heterocycles. The van der Waals surface area contributed by atoms with Crippen molar-refractivity contribution in [2.75, 3.05) is 13.7 Å². The summed E-state index contributed by atoms with van der Waals surface area (Å²) >= 11 is 0. The van der Waals surface area contributed by atoms with Gasteiger partial charge in [0.2, 0.25) is 5.75 Å². The first-order valence-electron chi connectivity index (χ1n) is 12.7. The van der Waals surface area contributed by atoms with Gasteiger partial charge in [0, 0.05) is 19.2 Å². The fourth-order valence-electron chi connectivity index (χ4n) is 3.97. The monoisotopic (exact) mass is 556 g/mol.